The minimum atomic E-state index is -0.851. The number of esters is 3. The van der Waals surface area contributed by atoms with Crippen LogP contribution in [0, 0.1) is 0 Å². The largest absolute Gasteiger partial charge is 0.494 e. The minimum Gasteiger partial charge on any atom is -0.494 e. The van der Waals surface area contributed by atoms with Gasteiger partial charge in [-0.25, -0.2) is 9.59 Å². The monoisotopic (exact) mass is 989 g/mol. The molecule has 6 aromatic carbocycles. The van der Waals surface area contributed by atoms with Crippen molar-refractivity contribution in [1.82, 2.24) is 0 Å². The lowest BCUT2D eigenvalue weighted by Gasteiger charge is -2.17. The topological polar surface area (TPSA) is 116 Å². The summed E-state index contributed by atoms with van der Waals surface area (Å²) in [5.41, 5.74) is 5.85. The maximum atomic E-state index is 13.7. The normalized spacial score (nSPS) is 11.6. The molecule has 0 aliphatic heterocycles. The van der Waals surface area contributed by atoms with Crippen molar-refractivity contribution in [2.45, 2.75) is 130 Å². The van der Waals surface area contributed by atoms with Gasteiger partial charge in [0.25, 0.3) is 0 Å². The van der Waals surface area contributed by atoms with Gasteiger partial charge in [0.2, 0.25) is 0 Å². The summed E-state index contributed by atoms with van der Waals surface area (Å²) >= 11 is 0. The Labute approximate surface area is 432 Å². The molecule has 10 heteroatoms. The second-order valence-corrected chi connectivity index (χ2v) is 18.6. The van der Waals surface area contributed by atoms with E-state index in [9.17, 15) is 14.4 Å². The van der Waals surface area contributed by atoms with Gasteiger partial charge in [0.1, 0.15) is 34.5 Å². The number of carbonyl (C=O) groups is 3. The molecular weight excluding hydrogens is 917 g/mol. The number of hydrogen-bond acceptors (Lipinski definition) is 10. The van der Waals surface area contributed by atoms with Crippen LogP contribution in [-0.2, 0) is 9.53 Å². The molecule has 1 aliphatic rings. The molecule has 0 N–H and O–H groups in total. The highest BCUT2D eigenvalue weighted by atomic mass is 16.6. The fourth-order valence-corrected chi connectivity index (χ4v) is 8.71. The van der Waals surface area contributed by atoms with Crippen LogP contribution in [0.3, 0.4) is 0 Å². The molecule has 0 fully saturated rings. The Kier molecular flexibility index (Phi) is 21.2. The first kappa shape index (κ1) is 53.7. The van der Waals surface area contributed by atoms with E-state index in [1.165, 1.54) is 38.5 Å². The zero-order chi connectivity index (χ0) is 51.0. The number of ether oxygens (including phenoxy) is 7. The molecule has 0 amide bonds. The summed E-state index contributed by atoms with van der Waals surface area (Å²) in [6, 6.07) is 40.6. The molecule has 0 atom stereocenters. The first-order chi connectivity index (χ1) is 35.8. The molecule has 0 bridgehead atoms. The smallest absolute Gasteiger partial charge is 0.343 e. The van der Waals surface area contributed by atoms with Crippen molar-refractivity contribution in [3.63, 3.8) is 0 Å². The first-order valence-electron chi connectivity index (χ1n) is 26.7. The van der Waals surface area contributed by atoms with Crippen molar-refractivity contribution in [3.8, 4) is 56.8 Å². The highest BCUT2D eigenvalue weighted by Gasteiger charge is 2.33. The average Bonchev–Trinajstić information content (AvgIpc) is 3.71. The molecule has 10 nitrogen and oxygen atoms in total. The zero-order valence-electron chi connectivity index (χ0n) is 43.0. The van der Waals surface area contributed by atoms with Crippen molar-refractivity contribution in [3.05, 3.63) is 156 Å². The fraction of sp³-hybridized carbons (Fsp3) is 0.381. The number of carbonyl (C=O) groups excluding carboxylic acids is 3. The van der Waals surface area contributed by atoms with Crippen molar-refractivity contribution < 1.29 is 47.5 Å². The van der Waals surface area contributed by atoms with Crippen LogP contribution in [0.5, 0.6) is 34.5 Å². The standard InChI is InChI=1S/C63H72O10/c1-4-7-10-13-17-42-69-50-28-20-46(21-29-50)47-22-30-51(31-23-47)70-43-18-14-19-60(64)73-61-58-44-54(71-62(65)48-24-32-52(33-25-48)67-40-15-11-8-5-2)36-38-56(58)57-39-37-55(45-59(57)61)72-63(66)49-26-34-53(35-27-49)68-41-16-12-9-6-3/h20-39,44-45,61H,4-19,40-43H2,1-3H3. The zero-order valence-corrected chi connectivity index (χ0v) is 43.0. The average molecular weight is 989 g/mol. The summed E-state index contributed by atoms with van der Waals surface area (Å²) in [7, 11) is 0. The predicted octanol–water partition coefficient (Wildman–Crippen LogP) is 15.9. The van der Waals surface area contributed by atoms with E-state index < -0.39 is 24.0 Å². The lowest BCUT2D eigenvalue weighted by Crippen LogP contribution is -2.12. The maximum Gasteiger partial charge on any atom is 0.343 e. The number of hydrogen-bond donors (Lipinski definition) is 0. The summed E-state index contributed by atoms with van der Waals surface area (Å²) < 4.78 is 41.7. The van der Waals surface area contributed by atoms with Gasteiger partial charge in [0.05, 0.1) is 37.6 Å². The maximum absolute atomic E-state index is 13.7. The van der Waals surface area contributed by atoms with Crippen LogP contribution in [-0.4, -0.2) is 44.3 Å². The predicted molar refractivity (Wildman–Crippen MR) is 287 cm³/mol. The molecule has 0 saturated carbocycles. The lowest BCUT2D eigenvalue weighted by atomic mass is 10.1. The fourth-order valence-electron chi connectivity index (χ4n) is 8.71. The minimum absolute atomic E-state index is 0.155. The molecule has 7 rings (SSSR count). The molecule has 0 radical (unpaired) electrons. The second-order valence-electron chi connectivity index (χ2n) is 18.6. The second kappa shape index (κ2) is 28.8. The van der Waals surface area contributed by atoms with Crippen LogP contribution in [0.15, 0.2) is 133 Å². The van der Waals surface area contributed by atoms with Crippen LogP contribution in [0.25, 0.3) is 22.3 Å². The van der Waals surface area contributed by atoms with Crippen molar-refractivity contribution in [2.75, 3.05) is 26.4 Å². The third-order valence-corrected chi connectivity index (χ3v) is 12.9. The Bertz CT molecular complexity index is 2520. The van der Waals surface area contributed by atoms with E-state index in [2.05, 4.69) is 32.9 Å². The van der Waals surface area contributed by atoms with Gasteiger partial charge in [-0.1, -0.05) is 121 Å². The summed E-state index contributed by atoms with van der Waals surface area (Å²) in [6.07, 6.45) is 15.4. The van der Waals surface area contributed by atoms with Crippen LogP contribution in [0.2, 0.25) is 0 Å². The van der Waals surface area contributed by atoms with Gasteiger partial charge in [0.15, 0.2) is 6.10 Å². The Morgan fingerprint density at radius 3 is 1.08 bits per heavy atom. The van der Waals surface area contributed by atoms with Crippen molar-refractivity contribution in [2.24, 2.45) is 0 Å². The van der Waals surface area contributed by atoms with Gasteiger partial charge in [-0.3, -0.25) is 4.79 Å². The molecular formula is C63H72O10. The van der Waals surface area contributed by atoms with E-state index in [-0.39, 0.29) is 6.42 Å². The molecule has 384 valence electrons. The van der Waals surface area contributed by atoms with Crippen LogP contribution < -0.4 is 28.4 Å². The quantitative estimate of drug-likeness (QED) is 0.0237. The molecule has 0 unspecified atom stereocenters. The molecule has 73 heavy (non-hydrogen) atoms. The van der Waals surface area contributed by atoms with E-state index >= 15 is 0 Å². The molecule has 1 aliphatic carbocycles. The highest BCUT2D eigenvalue weighted by Crippen LogP contribution is 2.48. The Hall–Kier alpha value is -7.07. The van der Waals surface area contributed by atoms with E-state index in [0.29, 0.717) is 77.9 Å². The molecule has 0 saturated heterocycles. The van der Waals surface area contributed by atoms with E-state index in [0.717, 1.165) is 85.3 Å². The summed E-state index contributed by atoms with van der Waals surface area (Å²) in [6.45, 7) is 8.98. The molecule has 0 heterocycles. The summed E-state index contributed by atoms with van der Waals surface area (Å²) in [4.78, 5) is 40.4. The Morgan fingerprint density at radius 1 is 0.370 bits per heavy atom. The van der Waals surface area contributed by atoms with E-state index in [4.69, 9.17) is 33.2 Å². The summed E-state index contributed by atoms with van der Waals surface area (Å²) in [5, 5.41) is 0. The molecule has 0 spiro atoms. The third-order valence-electron chi connectivity index (χ3n) is 12.9. The number of rotatable bonds is 31. The molecule has 6 aromatic rings. The molecule has 0 aromatic heterocycles. The van der Waals surface area contributed by atoms with Crippen molar-refractivity contribution >= 4 is 17.9 Å². The highest BCUT2D eigenvalue weighted by molar-refractivity contribution is 5.92. The van der Waals surface area contributed by atoms with Gasteiger partial charge in [-0.05, 0) is 151 Å². The third kappa shape index (κ3) is 16.5. The van der Waals surface area contributed by atoms with Gasteiger partial charge in [-0.2, -0.15) is 0 Å². The van der Waals surface area contributed by atoms with Gasteiger partial charge in [0, 0.05) is 17.5 Å². The summed E-state index contributed by atoms with van der Waals surface area (Å²) in [5.74, 6) is 2.15. The van der Waals surface area contributed by atoms with E-state index in [1.54, 1.807) is 72.8 Å². The SMILES string of the molecule is CCCCCCCOc1ccc(-c2ccc(OCCCCC(=O)OC3c4cc(OC(=O)c5ccc(OCCCCCC)cc5)ccc4-c4ccc(OC(=O)c5ccc(OCCCCCC)cc5)cc43)cc2)cc1. The lowest BCUT2D eigenvalue weighted by molar-refractivity contribution is -0.147. The van der Waals surface area contributed by atoms with Crippen molar-refractivity contribution in [1.29, 1.82) is 0 Å². The first-order valence-corrected chi connectivity index (χ1v) is 26.7. The van der Waals surface area contributed by atoms with Crippen LogP contribution >= 0.6 is 0 Å². The Morgan fingerprint density at radius 2 is 0.699 bits per heavy atom. The number of benzene rings is 6. The van der Waals surface area contributed by atoms with E-state index in [1.807, 2.05) is 48.5 Å². The van der Waals surface area contributed by atoms with Crippen LogP contribution in [0.4, 0.5) is 0 Å². The van der Waals surface area contributed by atoms with Gasteiger partial charge < -0.3 is 33.2 Å². The van der Waals surface area contributed by atoms with Gasteiger partial charge in [-0.15, -0.1) is 0 Å². The van der Waals surface area contributed by atoms with Crippen LogP contribution in [0.1, 0.15) is 161 Å². The number of fused-ring (bicyclic) bond motifs is 3. The Balaban J connectivity index is 0.955. The van der Waals surface area contributed by atoms with Gasteiger partial charge >= 0.3 is 17.9 Å². The number of unbranched alkanes of at least 4 members (excludes halogenated alkanes) is 11.